The molecule has 0 saturated carbocycles. The second kappa shape index (κ2) is 4.40. The van der Waals surface area contributed by atoms with Crippen LogP contribution in [0.5, 0.6) is 0 Å². The molecule has 0 saturated heterocycles. The molecule has 2 heterocycles. The van der Waals surface area contributed by atoms with Gasteiger partial charge in [0.05, 0.1) is 5.69 Å². The molecule has 16 heavy (non-hydrogen) atoms. The van der Waals surface area contributed by atoms with Gasteiger partial charge in [-0.1, -0.05) is 23.4 Å². The maximum Gasteiger partial charge on any atom is 0.296 e. The molecule has 2 aromatic rings. The van der Waals surface area contributed by atoms with Crippen LogP contribution in [0.15, 0.2) is 10.6 Å². The van der Waals surface area contributed by atoms with Crippen molar-refractivity contribution in [3.05, 3.63) is 22.5 Å². The molecule has 0 fully saturated rings. The number of anilines is 1. The summed E-state index contributed by atoms with van der Waals surface area (Å²) in [6, 6.07) is 1.57. The van der Waals surface area contributed by atoms with E-state index in [0.717, 1.165) is 11.4 Å². The topological polar surface area (TPSA) is 80.9 Å². The Hall–Kier alpha value is -1.76. The third-order valence-corrected chi connectivity index (χ3v) is 2.82. The summed E-state index contributed by atoms with van der Waals surface area (Å²) in [7, 11) is 0. The summed E-state index contributed by atoms with van der Waals surface area (Å²) in [6.45, 7) is 3.73. The van der Waals surface area contributed by atoms with E-state index in [-0.39, 0.29) is 11.7 Å². The first-order valence-corrected chi connectivity index (χ1v) is 5.57. The van der Waals surface area contributed by atoms with Gasteiger partial charge in [-0.25, -0.2) is 0 Å². The van der Waals surface area contributed by atoms with Crippen LogP contribution in [-0.4, -0.2) is 21.3 Å². The van der Waals surface area contributed by atoms with E-state index in [4.69, 9.17) is 4.52 Å². The fourth-order valence-electron chi connectivity index (χ4n) is 1.08. The molecule has 1 N–H and O–H groups in total. The van der Waals surface area contributed by atoms with E-state index in [9.17, 15) is 4.79 Å². The molecule has 0 atom stereocenters. The van der Waals surface area contributed by atoms with E-state index in [0.29, 0.717) is 10.8 Å². The monoisotopic (exact) mass is 238 g/mol. The van der Waals surface area contributed by atoms with E-state index in [1.165, 1.54) is 11.3 Å². The van der Waals surface area contributed by atoms with Crippen LogP contribution >= 0.6 is 11.3 Å². The van der Waals surface area contributed by atoms with Crippen molar-refractivity contribution >= 4 is 22.4 Å². The Morgan fingerprint density at radius 2 is 2.38 bits per heavy atom. The Bertz CT molecular complexity index is 505. The molecule has 0 radical (unpaired) electrons. The second-order valence-electron chi connectivity index (χ2n) is 3.14. The summed E-state index contributed by atoms with van der Waals surface area (Å²) in [5.41, 5.74) is 0.664. The molecule has 0 bridgehead atoms. The SMILES string of the molecule is CCc1nnc(NC(=O)c2cc(C)no2)s1. The maximum atomic E-state index is 11.6. The molecule has 0 spiro atoms. The minimum Gasteiger partial charge on any atom is -0.351 e. The molecule has 2 rings (SSSR count). The summed E-state index contributed by atoms with van der Waals surface area (Å²) in [4.78, 5) is 11.6. The summed E-state index contributed by atoms with van der Waals surface area (Å²) in [5.74, 6) is -0.190. The third-order valence-electron chi connectivity index (χ3n) is 1.84. The number of aryl methyl sites for hydroxylation is 2. The summed E-state index contributed by atoms with van der Waals surface area (Å²) in [6.07, 6.45) is 0.801. The predicted molar refractivity (Wildman–Crippen MR) is 58.5 cm³/mol. The number of hydrogen-bond donors (Lipinski definition) is 1. The Labute approximate surface area is 95.7 Å². The highest BCUT2D eigenvalue weighted by atomic mass is 32.1. The lowest BCUT2D eigenvalue weighted by Gasteiger charge is -1.94. The molecular formula is C9H10N4O2S. The highest BCUT2D eigenvalue weighted by molar-refractivity contribution is 7.15. The van der Waals surface area contributed by atoms with Crippen LogP contribution in [0.4, 0.5) is 5.13 Å². The van der Waals surface area contributed by atoms with Gasteiger partial charge in [-0.2, -0.15) is 0 Å². The summed E-state index contributed by atoms with van der Waals surface area (Å²) >= 11 is 1.35. The van der Waals surface area contributed by atoms with E-state index in [1.807, 2.05) is 6.92 Å². The van der Waals surface area contributed by atoms with Crippen molar-refractivity contribution in [2.45, 2.75) is 20.3 Å². The van der Waals surface area contributed by atoms with Gasteiger partial charge in [0, 0.05) is 6.07 Å². The first-order valence-electron chi connectivity index (χ1n) is 4.76. The smallest absolute Gasteiger partial charge is 0.296 e. The normalized spacial score (nSPS) is 10.4. The highest BCUT2D eigenvalue weighted by Crippen LogP contribution is 2.16. The molecule has 0 unspecified atom stereocenters. The molecule has 0 aliphatic rings. The van der Waals surface area contributed by atoms with E-state index in [1.54, 1.807) is 13.0 Å². The van der Waals surface area contributed by atoms with E-state index < -0.39 is 0 Å². The van der Waals surface area contributed by atoms with Gasteiger partial charge in [-0.05, 0) is 13.3 Å². The number of nitrogens with one attached hydrogen (secondary N) is 1. The van der Waals surface area contributed by atoms with Crippen LogP contribution < -0.4 is 5.32 Å². The molecule has 0 aliphatic carbocycles. The Morgan fingerprint density at radius 1 is 1.56 bits per heavy atom. The number of carbonyl (C=O) groups excluding carboxylic acids is 1. The van der Waals surface area contributed by atoms with Crippen LogP contribution in [0.2, 0.25) is 0 Å². The van der Waals surface area contributed by atoms with Crippen molar-refractivity contribution in [2.75, 3.05) is 5.32 Å². The standard InChI is InChI=1S/C9H10N4O2S/c1-3-7-11-12-9(16-7)10-8(14)6-4-5(2)13-15-6/h4H,3H2,1-2H3,(H,10,12,14). The molecule has 7 heteroatoms. The average Bonchev–Trinajstić information content (AvgIpc) is 2.87. The van der Waals surface area contributed by atoms with Crippen LogP contribution in [0, 0.1) is 6.92 Å². The van der Waals surface area contributed by atoms with Crippen molar-refractivity contribution in [1.29, 1.82) is 0 Å². The molecule has 0 aromatic carbocycles. The largest absolute Gasteiger partial charge is 0.351 e. The van der Waals surface area contributed by atoms with Gasteiger partial charge >= 0.3 is 0 Å². The van der Waals surface area contributed by atoms with Gasteiger partial charge in [-0.3, -0.25) is 10.1 Å². The first-order chi connectivity index (χ1) is 7.69. The van der Waals surface area contributed by atoms with E-state index >= 15 is 0 Å². The second-order valence-corrected chi connectivity index (χ2v) is 4.20. The third kappa shape index (κ3) is 2.25. The zero-order valence-corrected chi connectivity index (χ0v) is 9.67. The van der Waals surface area contributed by atoms with Crippen LogP contribution in [0.25, 0.3) is 0 Å². The van der Waals surface area contributed by atoms with Crippen molar-refractivity contribution in [2.24, 2.45) is 0 Å². The maximum absolute atomic E-state index is 11.6. The number of aromatic nitrogens is 3. The van der Waals surface area contributed by atoms with Gasteiger partial charge in [0.2, 0.25) is 10.9 Å². The fraction of sp³-hybridized carbons (Fsp3) is 0.333. The quantitative estimate of drug-likeness (QED) is 0.879. The number of rotatable bonds is 3. The molecular weight excluding hydrogens is 228 g/mol. The summed E-state index contributed by atoms with van der Waals surface area (Å²) < 4.78 is 4.83. The Balaban J connectivity index is 2.07. The lowest BCUT2D eigenvalue weighted by Crippen LogP contribution is -2.10. The Morgan fingerprint density at radius 3 is 2.94 bits per heavy atom. The summed E-state index contributed by atoms with van der Waals surface area (Å²) in [5, 5.41) is 15.3. The molecule has 2 aromatic heterocycles. The number of amides is 1. The number of hydrogen-bond acceptors (Lipinski definition) is 6. The molecule has 0 aliphatic heterocycles. The van der Waals surface area contributed by atoms with Gasteiger partial charge in [0.1, 0.15) is 5.01 Å². The van der Waals surface area contributed by atoms with Crippen LogP contribution in [0.1, 0.15) is 28.2 Å². The molecule has 6 nitrogen and oxygen atoms in total. The fourth-order valence-corrected chi connectivity index (χ4v) is 1.75. The molecule has 1 amide bonds. The minimum atomic E-state index is -0.362. The van der Waals surface area contributed by atoms with Gasteiger partial charge < -0.3 is 4.52 Å². The van der Waals surface area contributed by atoms with Gasteiger partial charge in [0.25, 0.3) is 5.91 Å². The predicted octanol–water partition coefficient (Wildman–Crippen LogP) is 1.65. The average molecular weight is 238 g/mol. The van der Waals surface area contributed by atoms with Crippen molar-refractivity contribution in [3.8, 4) is 0 Å². The lowest BCUT2D eigenvalue weighted by atomic mass is 10.4. The van der Waals surface area contributed by atoms with Crippen molar-refractivity contribution in [3.63, 3.8) is 0 Å². The van der Waals surface area contributed by atoms with Gasteiger partial charge in [-0.15, -0.1) is 10.2 Å². The Kier molecular flexibility index (Phi) is 2.95. The zero-order chi connectivity index (χ0) is 11.5. The number of carbonyl (C=O) groups is 1. The van der Waals surface area contributed by atoms with Crippen molar-refractivity contribution < 1.29 is 9.32 Å². The number of nitrogens with zero attached hydrogens (tertiary/aromatic N) is 3. The van der Waals surface area contributed by atoms with Crippen molar-refractivity contribution in [1.82, 2.24) is 15.4 Å². The highest BCUT2D eigenvalue weighted by Gasteiger charge is 2.13. The zero-order valence-electron chi connectivity index (χ0n) is 8.85. The first kappa shape index (κ1) is 10.7. The lowest BCUT2D eigenvalue weighted by molar-refractivity contribution is 0.0988. The van der Waals surface area contributed by atoms with Crippen LogP contribution in [0.3, 0.4) is 0 Å². The minimum absolute atomic E-state index is 0.172. The van der Waals surface area contributed by atoms with Gasteiger partial charge in [0.15, 0.2) is 0 Å². The van der Waals surface area contributed by atoms with E-state index in [2.05, 4.69) is 20.7 Å². The van der Waals surface area contributed by atoms with Crippen LogP contribution in [-0.2, 0) is 6.42 Å². The molecule has 84 valence electrons.